The fraction of sp³-hybridized carbons (Fsp3) is 0.733. The topological polar surface area (TPSA) is 47.3 Å². The molecule has 2 rings (SSSR count). The quantitative estimate of drug-likeness (QED) is 0.597. The van der Waals surface area contributed by atoms with Crippen molar-refractivity contribution in [1.82, 2.24) is 5.43 Å². The molecule has 1 aromatic rings. The molecule has 1 saturated carbocycles. The molecule has 3 nitrogen and oxygen atoms in total. The highest BCUT2D eigenvalue weighted by atomic mass is 32.1. The summed E-state index contributed by atoms with van der Waals surface area (Å²) in [5.41, 5.74) is 4.36. The molecule has 0 bridgehead atoms. The monoisotopic (exact) mass is 282 g/mol. The Balaban J connectivity index is 2.01. The van der Waals surface area contributed by atoms with E-state index in [0.717, 1.165) is 13.0 Å². The lowest BCUT2D eigenvalue weighted by atomic mass is 9.81. The van der Waals surface area contributed by atoms with Gasteiger partial charge >= 0.3 is 0 Å². The summed E-state index contributed by atoms with van der Waals surface area (Å²) in [7, 11) is 0. The highest BCUT2D eigenvalue weighted by molar-refractivity contribution is 7.07. The number of hydrazine groups is 1. The molecule has 0 aliphatic heterocycles. The van der Waals surface area contributed by atoms with Crippen LogP contribution >= 0.6 is 11.3 Å². The van der Waals surface area contributed by atoms with E-state index in [1.165, 1.54) is 37.7 Å². The first-order valence-corrected chi connectivity index (χ1v) is 8.38. The van der Waals surface area contributed by atoms with E-state index in [1.807, 2.05) is 0 Å². The van der Waals surface area contributed by atoms with Crippen molar-refractivity contribution in [2.75, 3.05) is 6.61 Å². The van der Waals surface area contributed by atoms with Crippen LogP contribution in [0.3, 0.4) is 0 Å². The molecule has 0 saturated heterocycles. The Morgan fingerprint density at radius 1 is 1.42 bits per heavy atom. The Kier molecular flexibility index (Phi) is 6.31. The zero-order chi connectivity index (χ0) is 13.5. The molecule has 1 aliphatic carbocycles. The standard InChI is InChI=1S/C15H26N2OS/c1-2-18-15(13-6-4-3-5-7-13)14(17-16)10-12-8-9-19-11-12/h8-9,11,13-15,17H,2-7,10,16H2,1H3. The first kappa shape index (κ1) is 15.0. The van der Waals surface area contributed by atoms with Crippen molar-refractivity contribution in [1.29, 1.82) is 0 Å². The Morgan fingerprint density at radius 2 is 2.21 bits per heavy atom. The fourth-order valence-electron chi connectivity index (χ4n) is 3.17. The van der Waals surface area contributed by atoms with E-state index < -0.39 is 0 Å². The number of rotatable bonds is 7. The Labute approximate surface area is 120 Å². The largest absolute Gasteiger partial charge is 0.377 e. The Hall–Kier alpha value is -0.420. The molecular formula is C15H26N2OS. The van der Waals surface area contributed by atoms with E-state index in [-0.39, 0.29) is 12.1 Å². The normalized spacial score (nSPS) is 20.3. The van der Waals surface area contributed by atoms with Crippen LogP contribution in [0, 0.1) is 5.92 Å². The summed E-state index contributed by atoms with van der Waals surface area (Å²) in [5, 5.41) is 4.33. The maximum atomic E-state index is 6.04. The Bertz CT molecular complexity index is 336. The predicted octanol–water partition coefficient (Wildman–Crippen LogP) is 3.11. The van der Waals surface area contributed by atoms with Crippen molar-refractivity contribution in [2.45, 2.75) is 57.6 Å². The molecule has 19 heavy (non-hydrogen) atoms. The molecule has 0 radical (unpaired) electrons. The van der Waals surface area contributed by atoms with E-state index >= 15 is 0 Å². The number of nitrogens with one attached hydrogen (secondary N) is 1. The highest BCUT2D eigenvalue weighted by Gasteiger charge is 2.30. The minimum atomic E-state index is 0.220. The zero-order valence-electron chi connectivity index (χ0n) is 11.8. The van der Waals surface area contributed by atoms with E-state index in [4.69, 9.17) is 10.6 Å². The number of hydrogen-bond acceptors (Lipinski definition) is 4. The number of hydrogen-bond donors (Lipinski definition) is 2. The average molecular weight is 282 g/mol. The van der Waals surface area contributed by atoms with Gasteiger partial charge in [0.1, 0.15) is 0 Å². The van der Waals surface area contributed by atoms with E-state index in [1.54, 1.807) is 11.3 Å². The highest BCUT2D eigenvalue weighted by Crippen LogP contribution is 2.30. The van der Waals surface area contributed by atoms with E-state index in [9.17, 15) is 0 Å². The van der Waals surface area contributed by atoms with Crippen LogP contribution < -0.4 is 11.3 Å². The fourth-order valence-corrected chi connectivity index (χ4v) is 3.85. The Morgan fingerprint density at radius 3 is 2.79 bits per heavy atom. The number of nitrogens with two attached hydrogens (primary N) is 1. The van der Waals surface area contributed by atoms with Gasteiger partial charge in [-0.1, -0.05) is 19.3 Å². The molecule has 1 fully saturated rings. The average Bonchev–Trinajstić information content (AvgIpc) is 2.96. The van der Waals surface area contributed by atoms with Gasteiger partial charge in [0.05, 0.1) is 12.1 Å². The molecule has 0 spiro atoms. The van der Waals surface area contributed by atoms with Crippen LogP contribution in [0.1, 0.15) is 44.6 Å². The number of thiophene rings is 1. The molecule has 1 aromatic heterocycles. The molecule has 108 valence electrons. The van der Waals surface area contributed by atoms with E-state index in [2.05, 4.69) is 29.2 Å². The first-order valence-electron chi connectivity index (χ1n) is 7.44. The summed E-state index contributed by atoms with van der Waals surface area (Å²) in [6.45, 7) is 2.84. The SMILES string of the molecule is CCOC(C1CCCCC1)C(Cc1ccsc1)NN. The third-order valence-electron chi connectivity index (χ3n) is 4.12. The van der Waals surface area contributed by atoms with Gasteiger partial charge in [-0.2, -0.15) is 11.3 Å². The van der Waals surface area contributed by atoms with Crippen LogP contribution in [0.4, 0.5) is 0 Å². The summed E-state index contributed by atoms with van der Waals surface area (Å²) in [4.78, 5) is 0. The van der Waals surface area contributed by atoms with E-state index in [0.29, 0.717) is 5.92 Å². The summed E-state index contributed by atoms with van der Waals surface area (Å²) in [6.07, 6.45) is 7.82. The lowest BCUT2D eigenvalue weighted by molar-refractivity contribution is -0.0175. The van der Waals surface area contributed by atoms with Gasteiger partial charge in [0.2, 0.25) is 0 Å². The van der Waals surface area contributed by atoms with Crippen molar-refractivity contribution in [2.24, 2.45) is 11.8 Å². The van der Waals surface area contributed by atoms with Gasteiger partial charge in [-0.15, -0.1) is 0 Å². The molecule has 1 heterocycles. The molecule has 1 aliphatic rings. The lowest BCUT2D eigenvalue weighted by Gasteiger charge is -2.35. The maximum Gasteiger partial charge on any atom is 0.0772 e. The molecule has 2 unspecified atom stereocenters. The first-order chi connectivity index (χ1) is 9.35. The zero-order valence-corrected chi connectivity index (χ0v) is 12.6. The predicted molar refractivity (Wildman–Crippen MR) is 81.1 cm³/mol. The second kappa shape index (κ2) is 8.00. The second-order valence-electron chi connectivity index (χ2n) is 5.43. The van der Waals surface area contributed by atoms with Crippen LogP contribution in [0.5, 0.6) is 0 Å². The van der Waals surface area contributed by atoms with Gasteiger partial charge in [0.25, 0.3) is 0 Å². The third-order valence-corrected chi connectivity index (χ3v) is 4.85. The maximum absolute atomic E-state index is 6.04. The van der Waals surface area contributed by atoms with Crippen molar-refractivity contribution in [3.8, 4) is 0 Å². The summed E-state index contributed by atoms with van der Waals surface area (Å²) in [5.74, 6) is 6.46. The van der Waals surface area contributed by atoms with Gasteiger partial charge in [0.15, 0.2) is 0 Å². The summed E-state index contributed by atoms with van der Waals surface area (Å²) < 4.78 is 6.04. The van der Waals surface area contributed by atoms with Crippen LogP contribution in [-0.4, -0.2) is 18.8 Å². The third kappa shape index (κ3) is 4.28. The van der Waals surface area contributed by atoms with Crippen molar-refractivity contribution < 1.29 is 4.74 Å². The van der Waals surface area contributed by atoms with Crippen LogP contribution in [-0.2, 0) is 11.2 Å². The van der Waals surface area contributed by atoms with Gasteiger partial charge in [-0.05, 0) is 54.5 Å². The van der Waals surface area contributed by atoms with Crippen LogP contribution in [0.25, 0.3) is 0 Å². The van der Waals surface area contributed by atoms with Crippen LogP contribution in [0.2, 0.25) is 0 Å². The lowest BCUT2D eigenvalue weighted by Crippen LogP contribution is -2.50. The molecule has 4 heteroatoms. The van der Waals surface area contributed by atoms with Crippen molar-refractivity contribution >= 4 is 11.3 Å². The molecule has 0 aromatic carbocycles. The van der Waals surface area contributed by atoms with Crippen LogP contribution in [0.15, 0.2) is 16.8 Å². The van der Waals surface area contributed by atoms with Gasteiger partial charge in [0, 0.05) is 6.61 Å². The molecular weight excluding hydrogens is 256 g/mol. The summed E-state index contributed by atoms with van der Waals surface area (Å²) in [6, 6.07) is 2.40. The molecule has 2 atom stereocenters. The molecule has 3 N–H and O–H groups in total. The summed E-state index contributed by atoms with van der Waals surface area (Å²) >= 11 is 1.74. The van der Waals surface area contributed by atoms with Gasteiger partial charge < -0.3 is 4.74 Å². The minimum absolute atomic E-state index is 0.220. The van der Waals surface area contributed by atoms with Crippen molar-refractivity contribution in [3.63, 3.8) is 0 Å². The smallest absolute Gasteiger partial charge is 0.0772 e. The van der Waals surface area contributed by atoms with Gasteiger partial charge in [-0.25, -0.2) is 0 Å². The van der Waals surface area contributed by atoms with Crippen molar-refractivity contribution in [3.05, 3.63) is 22.4 Å². The minimum Gasteiger partial charge on any atom is -0.377 e. The second-order valence-corrected chi connectivity index (χ2v) is 6.21. The number of ether oxygens (including phenoxy) is 1. The molecule has 0 amide bonds. The van der Waals surface area contributed by atoms with Gasteiger partial charge in [-0.3, -0.25) is 11.3 Å².